The molecule has 3 heterocycles. The summed E-state index contributed by atoms with van der Waals surface area (Å²) in [6, 6.07) is 2.05. The number of thiophene rings is 1. The summed E-state index contributed by atoms with van der Waals surface area (Å²) >= 11 is 1.62. The first-order valence-electron chi connectivity index (χ1n) is 22.1. The molecule has 2 aliphatic rings. The molecule has 0 aromatic carbocycles. The highest BCUT2D eigenvalue weighted by Gasteiger charge is 2.31. The van der Waals surface area contributed by atoms with Crippen LogP contribution in [0.1, 0.15) is 56.2 Å². The molecule has 3 N–H and O–H groups in total. The summed E-state index contributed by atoms with van der Waals surface area (Å²) in [7, 11) is 0. The Morgan fingerprint density at radius 1 is 0.730 bits per heavy atom. The van der Waals surface area contributed by atoms with E-state index in [2.05, 4.69) is 4.99 Å². The van der Waals surface area contributed by atoms with Crippen LogP contribution in [0.3, 0.4) is 0 Å². The number of hydroxylamine groups is 2. The second-order valence-corrected chi connectivity index (χ2v) is 16.0. The lowest BCUT2D eigenvalue weighted by atomic mass is 9.95. The highest BCUT2D eigenvalue weighted by Crippen LogP contribution is 2.37. The van der Waals surface area contributed by atoms with Gasteiger partial charge in [-0.25, -0.2) is 10.1 Å². The molecule has 0 saturated carbocycles. The van der Waals surface area contributed by atoms with Crippen molar-refractivity contribution in [3.05, 3.63) is 21.4 Å². The molecule has 0 radical (unpaired) electrons. The Kier molecular flexibility index (Phi) is 29.5. The number of aliphatic carboxylic acids is 1. The van der Waals surface area contributed by atoms with Gasteiger partial charge in [-0.05, 0) is 44.7 Å². The van der Waals surface area contributed by atoms with Gasteiger partial charge < -0.3 is 63.1 Å². The topological polar surface area (TPSA) is 218 Å². The number of hydrogen-bond acceptors (Lipinski definition) is 17. The molecular formula is C43H72N4O15S. The van der Waals surface area contributed by atoms with Gasteiger partial charge in [-0.1, -0.05) is 6.92 Å². The molecule has 1 aromatic rings. The van der Waals surface area contributed by atoms with Gasteiger partial charge in [0.1, 0.15) is 5.84 Å². The molecule has 2 amide bonds. The van der Waals surface area contributed by atoms with E-state index in [9.17, 15) is 14.4 Å². The Hall–Kier alpha value is -3.12. The third-order valence-electron chi connectivity index (χ3n) is 9.07. The van der Waals surface area contributed by atoms with Crippen LogP contribution in [0.5, 0.6) is 0 Å². The maximum atomic E-state index is 13.3. The van der Waals surface area contributed by atoms with Crippen molar-refractivity contribution in [3.63, 3.8) is 0 Å². The smallest absolute Gasteiger partial charge is 0.305 e. The van der Waals surface area contributed by atoms with Crippen molar-refractivity contribution in [2.75, 3.05) is 152 Å². The van der Waals surface area contributed by atoms with Gasteiger partial charge in [0.05, 0.1) is 162 Å². The van der Waals surface area contributed by atoms with E-state index in [1.165, 1.54) is 5.06 Å². The molecule has 360 valence electrons. The highest BCUT2D eigenvalue weighted by molar-refractivity contribution is 7.13. The summed E-state index contributed by atoms with van der Waals surface area (Å²) in [5.41, 5.74) is 7.56. The van der Waals surface area contributed by atoms with Crippen molar-refractivity contribution in [3.8, 4) is 0 Å². The largest absolute Gasteiger partial charge is 0.481 e. The lowest BCUT2D eigenvalue weighted by molar-refractivity contribution is -0.196. The summed E-state index contributed by atoms with van der Waals surface area (Å²) in [5, 5.41) is 9.95. The zero-order valence-electron chi connectivity index (χ0n) is 37.6. The van der Waals surface area contributed by atoms with E-state index in [1.807, 2.05) is 37.8 Å². The van der Waals surface area contributed by atoms with Crippen molar-refractivity contribution >= 4 is 46.7 Å². The van der Waals surface area contributed by atoms with E-state index in [1.54, 1.807) is 11.3 Å². The number of carboxylic acids is 1. The number of amidine groups is 1. The highest BCUT2D eigenvalue weighted by atomic mass is 32.1. The molecular weight excluding hydrogens is 845 g/mol. The van der Waals surface area contributed by atoms with E-state index in [0.717, 1.165) is 28.3 Å². The van der Waals surface area contributed by atoms with Crippen LogP contribution >= 0.6 is 11.3 Å². The number of ether oxygens (including phenoxy) is 10. The summed E-state index contributed by atoms with van der Waals surface area (Å²) < 4.78 is 54.5. The Morgan fingerprint density at radius 3 is 1.57 bits per heavy atom. The van der Waals surface area contributed by atoms with Crippen LogP contribution < -0.4 is 5.73 Å². The van der Waals surface area contributed by atoms with Gasteiger partial charge in [0.2, 0.25) is 5.91 Å². The summed E-state index contributed by atoms with van der Waals surface area (Å²) in [5.74, 6) is -0.214. The molecule has 1 saturated heterocycles. The molecule has 63 heavy (non-hydrogen) atoms. The fourth-order valence-electron chi connectivity index (χ4n) is 6.04. The lowest BCUT2D eigenvalue weighted by Gasteiger charge is -2.39. The lowest BCUT2D eigenvalue weighted by Crippen LogP contribution is -2.50. The van der Waals surface area contributed by atoms with Crippen molar-refractivity contribution in [2.24, 2.45) is 16.6 Å². The Labute approximate surface area is 376 Å². The van der Waals surface area contributed by atoms with E-state index in [4.69, 9.17) is 63.0 Å². The number of nitrogens with zero attached hydrogens (tertiary/aromatic N) is 3. The monoisotopic (exact) mass is 916 g/mol. The maximum absolute atomic E-state index is 13.3. The van der Waals surface area contributed by atoms with Crippen LogP contribution in [0.25, 0.3) is 6.08 Å². The van der Waals surface area contributed by atoms with Gasteiger partial charge in [-0.3, -0.25) is 19.2 Å². The number of aliphatic imine (C=N–C) groups is 1. The summed E-state index contributed by atoms with van der Waals surface area (Å²) in [6.45, 7) is 16.3. The van der Waals surface area contributed by atoms with Crippen molar-refractivity contribution in [1.82, 2.24) is 9.96 Å². The molecule has 1 fully saturated rings. The molecule has 1 aromatic heterocycles. The fourth-order valence-corrected chi connectivity index (χ4v) is 7.22. The second-order valence-electron chi connectivity index (χ2n) is 14.9. The van der Waals surface area contributed by atoms with Crippen molar-refractivity contribution in [2.45, 2.75) is 59.0 Å². The predicted octanol–water partition coefficient (Wildman–Crippen LogP) is 3.13. The molecule has 0 bridgehead atoms. The van der Waals surface area contributed by atoms with Crippen LogP contribution in [0.2, 0.25) is 0 Å². The maximum Gasteiger partial charge on any atom is 0.305 e. The third-order valence-corrected chi connectivity index (χ3v) is 10.2. The van der Waals surface area contributed by atoms with Crippen LogP contribution in [0, 0.1) is 5.92 Å². The average molecular weight is 917 g/mol. The minimum absolute atomic E-state index is 0.0108. The first-order valence-corrected chi connectivity index (χ1v) is 22.9. The number of amides is 2. The number of carbonyl (C=O) groups is 3. The zero-order chi connectivity index (χ0) is 45.3. The van der Waals surface area contributed by atoms with Crippen LogP contribution in [-0.4, -0.2) is 197 Å². The summed E-state index contributed by atoms with van der Waals surface area (Å²) in [4.78, 5) is 50.7. The molecule has 0 atom stereocenters. The Morgan fingerprint density at radius 2 is 1.16 bits per heavy atom. The van der Waals surface area contributed by atoms with Gasteiger partial charge in [-0.15, -0.1) is 11.3 Å². The van der Waals surface area contributed by atoms with E-state index in [-0.39, 0.29) is 37.4 Å². The first kappa shape index (κ1) is 54.2. The van der Waals surface area contributed by atoms with Gasteiger partial charge >= 0.3 is 5.97 Å². The van der Waals surface area contributed by atoms with Gasteiger partial charge in [0.15, 0.2) is 0 Å². The standard InChI is InChI=1S/C43H72N4O15S/c1-4-7-47(62-34(2)3)43(51)36-29-39-38(45-40(44)30-36)31-37(63-39)28-35-32-46(33-35)41(48)5-8-52-10-12-54-14-16-56-18-20-58-22-24-60-26-27-61-25-23-59-21-19-57-17-15-55-13-11-53-9-6-42(49)50/h29,31,34-35H,4-28,30,32-33H2,1-3H3,(H2,44,45)(H,49,50). The molecule has 0 spiro atoms. The van der Waals surface area contributed by atoms with Gasteiger partial charge in [0, 0.05) is 36.5 Å². The van der Waals surface area contributed by atoms with Crippen LogP contribution in [0.15, 0.2) is 16.6 Å². The molecule has 3 rings (SSSR count). The number of hydrogen-bond donors (Lipinski definition) is 2. The SMILES string of the molecule is CCCN(OC(C)C)C(=O)C1=Cc2sc(CC3CN(C(=O)CCOCCOCCOCCOCCOCCOCCOCCOCCOCCOCCC(=O)O)C3)cc2N=C(N)C1. The van der Waals surface area contributed by atoms with Crippen molar-refractivity contribution < 1.29 is 71.7 Å². The molecule has 0 aliphatic carbocycles. The number of carboxylic acid groups (broad SMARTS) is 1. The van der Waals surface area contributed by atoms with E-state index in [0.29, 0.717) is 169 Å². The Balaban J connectivity index is 1.04. The quantitative estimate of drug-likeness (QED) is 0.0714. The normalized spacial score (nSPS) is 14.1. The fraction of sp³-hybridized carbons (Fsp3) is 0.767. The van der Waals surface area contributed by atoms with Crippen LogP contribution in [-0.2, 0) is 73.0 Å². The third kappa shape index (κ3) is 25.2. The minimum Gasteiger partial charge on any atom is -0.481 e. The molecule has 2 aliphatic heterocycles. The number of nitrogens with two attached hydrogens (primary N) is 1. The van der Waals surface area contributed by atoms with Crippen molar-refractivity contribution in [1.29, 1.82) is 0 Å². The Bertz CT molecular complexity index is 1470. The molecule has 19 nitrogen and oxygen atoms in total. The number of rotatable bonds is 40. The number of carbonyl (C=O) groups excluding carboxylic acids is 2. The van der Waals surface area contributed by atoms with Gasteiger partial charge in [-0.2, -0.15) is 0 Å². The average Bonchev–Trinajstić information content (AvgIpc) is 3.52. The van der Waals surface area contributed by atoms with E-state index >= 15 is 0 Å². The zero-order valence-corrected chi connectivity index (χ0v) is 38.4. The van der Waals surface area contributed by atoms with Gasteiger partial charge in [0.25, 0.3) is 5.91 Å². The molecule has 0 unspecified atom stereocenters. The number of likely N-dealkylation sites (tertiary alicyclic amines) is 1. The second kappa shape index (κ2) is 34.3. The summed E-state index contributed by atoms with van der Waals surface area (Å²) in [6.07, 6.45) is 3.99. The van der Waals surface area contributed by atoms with Crippen LogP contribution in [0.4, 0.5) is 5.69 Å². The molecule has 20 heteroatoms. The number of fused-ring (bicyclic) bond motifs is 1. The van der Waals surface area contributed by atoms with E-state index < -0.39 is 5.97 Å². The predicted molar refractivity (Wildman–Crippen MR) is 235 cm³/mol. The first-order chi connectivity index (χ1) is 30.7. The minimum atomic E-state index is -0.881.